The van der Waals surface area contributed by atoms with Crippen molar-refractivity contribution in [1.29, 1.82) is 0 Å². The van der Waals surface area contributed by atoms with Gasteiger partial charge in [0.15, 0.2) is 5.82 Å². The first-order chi connectivity index (χ1) is 7.69. The molecule has 0 bridgehead atoms. The lowest BCUT2D eigenvalue weighted by molar-refractivity contribution is 0.937. The number of thioether (sulfide) groups is 1. The van der Waals surface area contributed by atoms with E-state index in [1.54, 1.807) is 0 Å². The van der Waals surface area contributed by atoms with Crippen molar-refractivity contribution in [3.8, 4) is 0 Å². The molecule has 1 saturated carbocycles. The summed E-state index contributed by atoms with van der Waals surface area (Å²) in [5, 5.41) is 3.75. The number of nitrogens with one attached hydrogen (secondary N) is 2. The number of nitrogens with two attached hydrogens (primary N) is 1. The summed E-state index contributed by atoms with van der Waals surface area (Å²) in [6.45, 7) is 0.870. The molecule has 1 aromatic rings. The third-order valence-corrected chi connectivity index (χ3v) is 4.39. The normalized spacial score (nSPS) is 16.9. The summed E-state index contributed by atoms with van der Waals surface area (Å²) in [7, 11) is 0. The van der Waals surface area contributed by atoms with E-state index >= 15 is 0 Å². The Kier molecular flexibility index (Phi) is 3.41. The fourth-order valence-corrected chi connectivity index (χ4v) is 2.28. The summed E-state index contributed by atoms with van der Waals surface area (Å²) < 4.78 is 0.366. The lowest BCUT2D eigenvalue weighted by Gasteiger charge is -2.14. The lowest BCUT2D eigenvalue weighted by atomic mass is 10.4. The van der Waals surface area contributed by atoms with Crippen molar-refractivity contribution in [2.75, 3.05) is 23.5 Å². The summed E-state index contributed by atoms with van der Waals surface area (Å²) in [5.74, 6) is 6.23. The average molecular weight is 260 g/mol. The van der Waals surface area contributed by atoms with Gasteiger partial charge in [0.05, 0.1) is 6.20 Å². The molecule has 16 heavy (non-hydrogen) atoms. The number of anilines is 2. The monoisotopic (exact) mass is 259 g/mol. The predicted octanol–water partition coefficient (Wildman–Crippen LogP) is 1.72. The second-order valence-corrected chi connectivity index (χ2v) is 5.46. The average Bonchev–Trinajstić information content (AvgIpc) is 3.09. The fourth-order valence-electron chi connectivity index (χ4n) is 1.40. The van der Waals surface area contributed by atoms with E-state index in [0.717, 1.165) is 6.54 Å². The number of aromatic nitrogens is 2. The molecule has 88 valence electrons. The van der Waals surface area contributed by atoms with Crippen LogP contribution in [0.5, 0.6) is 0 Å². The van der Waals surface area contributed by atoms with Crippen LogP contribution in [0.15, 0.2) is 6.20 Å². The molecule has 0 aromatic carbocycles. The molecule has 5 nitrogen and oxygen atoms in total. The standard InChI is InChI=1S/C9H14ClN5S/c1-16-9(2-3-9)5-13-7-6(10)4-12-8(14-7)15-11/h4H,2-3,5,11H2,1H3,(H2,12,13,14,15). The Labute approximate surface area is 104 Å². The summed E-state index contributed by atoms with van der Waals surface area (Å²) in [5.41, 5.74) is 2.40. The van der Waals surface area contributed by atoms with Gasteiger partial charge in [-0.05, 0) is 19.1 Å². The second-order valence-electron chi connectivity index (χ2n) is 3.78. The Hall–Kier alpha value is -0.720. The number of halogens is 1. The van der Waals surface area contributed by atoms with Gasteiger partial charge in [-0.15, -0.1) is 0 Å². The fraction of sp³-hybridized carbons (Fsp3) is 0.556. The number of hydrogen-bond donors (Lipinski definition) is 3. The third-order valence-electron chi connectivity index (χ3n) is 2.69. The molecule has 0 unspecified atom stereocenters. The summed E-state index contributed by atoms with van der Waals surface area (Å²) in [6.07, 6.45) is 6.14. The van der Waals surface area contributed by atoms with Crippen LogP contribution >= 0.6 is 23.4 Å². The molecule has 1 heterocycles. The van der Waals surface area contributed by atoms with E-state index in [-0.39, 0.29) is 0 Å². The maximum atomic E-state index is 5.98. The molecule has 4 N–H and O–H groups in total. The predicted molar refractivity (Wildman–Crippen MR) is 68.8 cm³/mol. The molecule has 2 rings (SSSR count). The van der Waals surface area contributed by atoms with Gasteiger partial charge in [0.25, 0.3) is 0 Å². The van der Waals surface area contributed by atoms with E-state index in [1.165, 1.54) is 19.0 Å². The quantitative estimate of drug-likeness (QED) is 0.552. The van der Waals surface area contributed by atoms with Crippen LogP contribution in [0, 0.1) is 0 Å². The smallest absolute Gasteiger partial charge is 0.239 e. The highest BCUT2D eigenvalue weighted by molar-refractivity contribution is 8.00. The number of nitrogens with zero attached hydrogens (tertiary/aromatic N) is 2. The van der Waals surface area contributed by atoms with Crippen LogP contribution in [-0.2, 0) is 0 Å². The van der Waals surface area contributed by atoms with Crippen LogP contribution in [0.1, 0.15) is 12.8 Å². The molecule has 1 aromatic heterocycles. The van der Waals surface area contributed by atoms with Crippen molar-refractivity contribution in [1.82, 2.24) is 9.97 Å². The zero-order valence-electron chi connectivity index (χ0n) is 8.96. The number of rotatable bonds is 5. The van der Waals surface area contributed by atoms with Gasteiger partial charge in [0.2, 0.25) is 5.95 Å². The zero-order valence-corrected chi connectivity index (χ0v) is 10.5. The van der Waals surface area contributed by atoms with E-state index in [1.807, 2.05) is 11.8 Å². The Balaban J connectivity index is 2.03. The number of hydrazine groups is 1. The van der Waals surface area contributed by atoms with Crippen molar-refractivity contribution < 1.29 is 0 Å². The Morgan fingerprint density at radius 3 is 2.94 bits per heavy atom. The highest BCUT2D eigenvalue weighted by Gasteiger charge is 2.41. The summed E-state index contributed by atoms with van der Waals surface area (Å²) >= 11 is 7.87. The molecule has 0 saturated heterocycles. The van der Waals surface area contributed by atoms with E-state index in [4.69, 9.17) is 17.4 Å². The molecule has 0 aliphatic heterocycles. The Morgan fingerprint density at radius 2 is 2.38 bits per heavy atom. The van der Waals surface area contributed by atoms with Crippen molar-refractivity contribution in [2.24, 2.45) is 5.84 Å². The zero-order chi connectivity index (χ0) is 11.6. The molecular weight excluding hydrogens is 246 g/mol. The third kappa shape index (κ3) is 2.50. The SMILES string of the molecule is CSC1(CNc2nc(NN)ncc2Cl)CC1. The molecule has 0 atom stereocenters. The van der Waals surface area contributed by atoms with E-state index < -0.39 is 0 Å². The highest BCUT2D eigenvalue weighted by atomic mass is 35.5. The maximum absolute atomic E-state index is 5.98. The molecular formula is C9H14ClN5S. The molecule has 1 fully saturated rings. The minimum absolute atomic E-state index is 0.362. The van der Waals surface area contributed by atoms with Crippen molar-refractivity contribution >= 4 is 35.1 Å². The lowest BCUT2D eigenvalue weighted by Crippen LogP contribution is -2.19. The van der Waals surface area contributed by atoms with E-state index in [9.17, 15) is 0 Å². The number of hydrogen-bond acceptors (Lipinski definition) is 6. The molecule has 1 aliphatic carbocycles. The Bertz CT molecular complexity index is 382. The van der Waals surface area contributed by atoms with Gasteiger partial charge in [-0.1, -0.05) is 11.6 Å². The van der Waals surface area contributed by atoms with Crippen LogP contribution < -0.4 is 16.6 Å². The van der Waals surface area contributed by atoms with Gasteiger partial charge in [0, 0.05) is 11.3 Å². The van der Waals surface area contributed by atoms with Crippen molar-refractivity contribution in [3.05, 3.63) is 11.2 Å². The van der Waals surface area contributed by atoms with Crippen LogP contribution in [0.4, 0.5) is 11.8 Å². The van der Waals surface area contributed by atoms with Crippen LogP contribution in [0.2, 0.25) is 5.02 Å². The van der Waals surface area contributed by atoms with Gasteiger partial charge in [-0.2, -0.15) is 16.7 Å². The van der Waals surface area contributed by atoms with Gasteiger partial charge >= 0.3 is 0 Å². The van der Waals surface area contributed by atoms with Crippen LogP contribution in [-0.4, -0.2) is 27.5 Å². The molecule has 0 spiro atoms. The van der Waals surface area contributed by atoms with Gasteiger partial charge in [0.1, 0.15) is 5.02 Å². The molecule has 0 radical (unpaired) electrons. The number of nitrogen functional groups attached to an aromatic ring is 1. The van der Waals surface area contributed by atoms with Crippen LogP contribution in [0.25, 0.3) is 0 Å². The van der Waals surface area contributed by atoms with Gasteiger partial charge in [-0.25, -0.2) is 10.8 Å². The first-order valence-corrected chi connectivity index (χ1v) is 6.57. The van der Waals surface area contributed by atoms with Gasteiger partial charge < -0.3 is 5.32 Å². The Morgan fingerprint density at radius 1 is 1.62 bits per heavy atom. The topological polar surface area (TPSA) is 75.9 Å². The minimum atomic E-state index is 0.362. The second kappa shape index (κ2) is 4.65. The summed E-state index contributed by atoms with van der Waals surface area (Å²) in [4.78, 5) is 8.07. The minimum Gasteiger partial charge on any atom is -0.367 e. The van der Waals surface area contributed by atoms with Crippen LogP contribution in [0.3, 0.4) is 0 Å². The molecule has 7 heteroatoms. The first-order valence-electron chi connectivity index (χ1n) is 4.97. The van der Waals surface area contributed by atoms with Crippen molar-refractivity contribution in [2.45, 2.75) is 17.6 Å². The van der Waals surface area contributed by atoms with E-state index in [2.05, 4.69) is 27.0 Å². The summed E-state index contributed by atoms with van der Waals surface area (Å²) in [6, 6.07) is 0. The largest absolute Gasteiger partial charge is 0.367 e. The maximum Gasteiger partial charge on any atom is 0.239 e. The molecule has 1 aliphatic rings. The van der Waals surface area contributed by atoms with Crippen molar-refractivity contribution in [3.63, 3.8) is 0 Å². The molecule has 0 amide bonds. The van der Waals surface area contributed by atoms with E-state index in [0.29, 0.717) is 21.5 Å². The van der Waals surface area contributed by atoms with Gasteiger partial charge in [-0.3, -0.25) is 5.43 Å². The first kappa shape index (κ1) is 11.8. The highest BCUT2D eigenvalue weighted by Crippen LogP contribution is 2.47.